The molecule has 0 spiro atoms. The van der Waals surface area contributed by atoms with Crippen molar-refractivity contribution >= 4 is 34.8 Å². The summed E-state index contributed by atoms with van der Waals surface area (Å²) in [5, 5.41) is 0.676. The molecule has 0 saturated heterocycles. The Morgan fingerprint density at radius 1 is 1.00 bits per heavy atom. The first-order chi connectivity index (χ1) is 8.61. The van der Waals surface area contributed by atoms with Crippen LogP contribution in [0.4, 0.5) is 0 Å². The SMILES string of the molecule is COc1ccccc1Oc1nc(Cl)c(Cl)cc1Cl. The van der Waals surface area contributed by atoms with Crippen LogP contribution in [-0.4, -0.2) is 12.1 Å². The van der Waals surface area contributed by atoms with Crippen molar-refractivity contribution in [3.05, 3.63) is 45.5 Å². The van der Waals surface area contributed by atoms with Gasteiger partial charge in [-0.1, -0.05) is 46.9 Å². The summed E-state index contributed by atoms with van der Waals surface area (Å²) in [6.07, 6.45) is 0. The molecule has 1 aromatic heterocycles. The van der Waals surface area contributed by atoms with E-state index in [9.17, 15) is 0 Å². The minimum absolute atomic E-state index is 0.131. The number of para-hydroxylation sites is 2. The number of hydrogen-bond donors (Lipinski definition) is 0. The van der Waals surface area contributed by atoms with E-state index >= 15 is 0 Å². The molecule has 0 bridgehead atoms. The second kappa shape index (κ2) is 5.65. The average molecular weight is 305 g/mol. The second-order valence-electron chi connectivity index (χ2n) is 3.30. The van der Waals surface area contributed by atoms with Gasteiger partial charge < -0.3 is 9.47 Å². The van der Waals surface area contributed by atoms with Gasteiger partial charge in [-0.05, 0) is 18.2 Å². The summed E-state index contributed by atoms with van der Waals surface area (Å²) in [5.74, 6) is 1.24. The molecule has 2 aromatic rings. The Balaban J connectivity index is 2.37. The monoisotopic (exact) mass is 303 g/mol. The Labute approximate surface area is 119 Å². The smallest absolute Gasteiger partial charge is 0.239 e. The molecule has 3 nitrogen and oxygen atoms in total. The van der Waals surface area contributed by atoms with E-state index < -0.39 is 0 Å². The van der Waals surface area contributed by atoms with Crippen LogP contribution in [0.1, 0.15) is 0 Å². The number of pyridine rings is 1. The highest BCUT2D eigenvalue weighted by molar-refractivity contribution is 6.42. The molecule has 0 N–H and O–H groups in total. The lowest BCUT2D eigenvalue weighted by Crippen LogP contribution is -1.93. The molecule has 1 aromatic carbocycles. The van der Waals surface area contributed by atoms with Crippen LogP contribution in [0.15, 0.2) is 30.3 Å². The molecule has 0 fully saturated rings. The van der Waals surface area contributed by atoms with Gasteiger partial charge in [-0.3, -0.25) is 0 Å². The van der Waals surface area contributed by atoms with Crippen LogP contribution in [0.25, 0.3) is 0 Å². The summed E-state index contributed by atoms with van der Waals surface area (Å²) in [4.78, 5) is 3.97. The van der Waals surface area contributed by atoms with Crippen molar-refractivity contribution in [1.29, 1.82) is 0 Å². The summed E-state index contributed by atoms with van der Waals surface area (Å²) in [6.45, 7) is 0. The first kappa shape index (κ1) is 13.3. The predicted octanol–water partition coefficient (Wildman–Crippen LogP) is 4.84. The number of nitrogens with zero attached hydrogens (tertiary/aromatic N) is 1. The molecule has 0 amide bonds. The second-order valence-corrected chi connectivity index (χ2v) is 4.47. The fourth-order valence-corrected chi connectivity index (χ4v) is 1.84. The zero-order chi connectivity index (χ0) is 13.1. The third-order valence-corrected chi connectivity index (χ3v) is 3.07. The molecule has 94 valence electrons. The highest BCUT2D eigenvalue weighted by Gasteiger charge is 2.12. The molecular formula is C12H8Cl3NO2. The number of methoxy groups -OCH3 is 1. The van der Waals surface area contributed by atoms with Gasteiger partial charge in [0.1, 0.15) is 5.02 Å². The van der Waals surface area contributed by atoms with Gasteiger partial charge in [0.05, 0.1) is 12.1 Å². The van der Waals surface area contributed by atoms with Crippen molar-refractivity contribution in [2.45, 2.75) is 0 Å². The highest BCUT2D eigenvalue weighted by atomic mass is 35.5. The molecule has 1 heterocycles. The standard InChI is InChI=1S/C12H8Cl3NO2/c1-17-9-4-2-3-5-10(9)18-12-8(14)6-7(13)11(15)16-12/h2-6H,1H3. The maximum absolute atomic E-state index is 5.98. The number of benzene rings is 1. The first-order valence-corrected chi connectivity index (χ1v) is 6.07. The number of rotatable bonds is 3. The van der Waals surface area contributed by atoms with Crippen LogP contribution in [0.2, 0.25) is 15.2 Å². The van der Waals surface area contributed by atoms with Crippen LogP contribution in [0.3, 0.4) is 0 Å². The molecular weight excluding hydrogens is 296 g/mol. The largest absolute Gasteiger partial charge is 0.493 e. The Morgan fingerprint density at radius 2 is 1.67 bits per heavy atom. The molecule has 18 heavy (non-hydrogen) atoms. The van der Waals surface area contributed by atoms with Crippen molar-refractivity contribution in [3.8, 4) is 17.4 Å². The van der Waals surface area contributed by atoms with E-state index in [1.807, 2.05) is 12.1 Å². The predicted molar refractivity (Wildman–Crippen MR) is 72.3 cm³/mol. The molecule has 0 saturated carbocycles. The molecule has 0 aliphatic rings. The Bertz CT molecular complexity index is 575. The maximum atomic E-state index is 5.98. The van der Waals surface area contributed by atoms with E-state index in [1.54, 1.807) is 19.2 Å². The summed E-state index contributed by atoms with van der Waals surface area (Å²) in [6, 6.07) is 8.61. The van der Waals surface area contributed by atoms with Crippen molar-refractivity contribution in [2.75, 3.05) is 7.11 Å². The van der Waals surface area contributed by atoms with E-state index in [2.05, 4.69) is 4.98 Å². The third kappa shape index (κ3) is 2.80. The zero-order valence-electron chi connectivity index (χ0n) is 9.28. The number of hydrogen-bond acceptors (Lipinski definition) is 3. The summed E-state index contributed by atoms with van der Waals surface area (Å²) >= 11 is 17.6. The van der Waals surface area contributed by atoms with Crippen molar-refractivity contribution in [2.24, 2.45) is 0 Å². The van der Waals surface area contributed by atoms with Gasteiger partial charge in [0, 0.05) is 0 Å². The van der Waals surface area contributed by atoms with Crippen LogP contribution >= 0.6 is 34.8 Å². The van der Waals surface area contributed by atoms with E-state index in [4.69, 9.17) is 44.3 Å². The minimum atomic E-state index is 0.131. The maximum Gasteiger partial charge on any atom is 0.239 e. The fraction of sp³-hybridized carbons (Fsp3) is 0.0833. The molecule has 0 unspecified atom stereocenters. The molecule has 0 radical (unpaired) electrons. The normalized spacial score (nSPS) is 10.2. The van der Waals surface area contributed by atoms with Gasteiger partial charge >= 0.3 is 0 Å². The number of halogens is 3. The van der Waals surface area contributed by atoms with Gasteiger partial charge in [-0.15, -0.1) is 0 Å². The summed E-state index contributed by atoms with van der Waals surface area (Å²) in [7, 11) is 1.55. The van der Waals surface area contributed by atoms with Crippen LogP contribution in [-0.2, 0) is 0 Å². The van der Waals surface area contributed by atoms with Gasteiger partial charge in [0.2, 0.25) is 5.88 Å². The van der Waals surface area contributed by atoms with E-state index in [1.165, 1.54) is 6.07 Å². The summed E-state index contributed by atoms with van der Waals surface area (Å²) in [5.41, 5.74) is 0. The van der Waals surface area contributed by atoms with Gasteiger partial charge in [-0.25, -0.2) is 0 Å². The molecule has 0 atom stereocenters. The van der Waals surface area contributed by atoms with Crippen molar-refractivity contribution in [1.82, 2.24) is 4.98 Å². The number of ether oxygens (including phenoxy) is 2. The minimum Gasteiger partial charge on any atom is -0.493 e. The average Bonchev–Trinajstić information content (AvgIpc) is 2.36. The summed E-state index contributed by atoms with van der Waals surface area (Å²) < 4.78 is 10.7. The lowest BCUT2D eigenvalue weighted by Gasteiger charge is -2.10. The lowest BCUT2D eigenvalue weighted by atomic mass is 10.3. The van der Waals surface area contributed by atoms with Crippen LogP contribution < -0.4 is 9.47 Å². The molecule has 0 aliphatic heterocycles. The quantitative estimate of drug-likeness (QED) is 0.760. The topological polar surface area (TPSA) is 31.4 Å². The third-order valence-electron chi connectivity index (χ3n) is 2.13. The molecule has 2 rings (SSSR count). The van der Waals surface area contributed by atoms with E-state index in [0.717, 1.165) is 0 Å². The molecule has 0 aliphatic carbocycles. The van der Waals surface area contributed by atoms with E-state index in [-0.39, 0.29) is 21.1 Å². The zero-order valence-corrected chi connectivity index (χ0v) is 11.6. The fourth-order valence-electron chi connectivity index (χ4n) is 1.31. The van der Waals surface area contributed by atoms with Gasteiger partial charge in [-0.2, -0.15) is 4.98 Å². The van der Waals surface area contributed by atoms with Gasteiger partial charge in [0.25, 0.3) is 0 Å². The first-order valence-electron chi connectivity index (χ1n) is 4.94. The highest BCUT2D eigenvalue weighted by Crippen LogP contribution is 2.36. The van der Waals surface area contributed by atoms with Crippen molar-refractivity contribution < 1.29 is 9.47 Å². The Kier molecular flexibility index (Phi) is 4.17. The Morgan fingerprint density at radius 3 is 2.33 bits per heavy atom. The van der Waals surface area contributed by atoms with Crippen molar-refractivity contribution in [3.63, 3.8) is 0 Å². The van der Waals surface area contributed by atoms with Crippen LogP contribution in [0, 0.1) is 0 Å². The Hall–Kier alpha value is -1.16. The van der Waals surface area contributed by atoms with E-state index in [0.29, 0.717) is 11.5 Å². The van der Waals surface area contributed by atoms with Crippen LogP contribution in [0.5, 0.6) is 17.4 Å². The van der Waals surface area contributed by atoms with Gasteiger partial charge in [0.15, 0.2) is 16.7 Å². The number of aromatic nitrogens is 1. The lowest BCUT2D eigenvalue weighted by molar-refractivity contribution is 0.374. The molecule has 6 heteroatoms.